The second kappa shape index (κ2) is 3.86. The van der Waals surface area contributed by atoms with Gasteiger partial charge in [-0.05, 0) is 41.0 Å². The Morgan fingerprint density at radius 2 is 1.82 bits per heavy atom. The van der Waals surface area contributed by atoms with Crippen molar-refractivity contribution in [2.75, 3.05) is 5.73 Å². The summed E-state index contributed by atoms with van der Waals surface area (Å²) in [6.07, 6.45) is 0. The maximum absolute atomic E-state index is 13.2. The number of ether oxygens (including phenoxy) is 1. The lowest BCUT2D eigenvalue weighted by Gasteiger charge is -2.07. The van der Waals surface area contributed by atoms with Crippen LogP contribution in [0.25, 0.3) is 11.1 Å². The van der Waals surface area contributed by atoms with Gasteiger partial charge < -0.3 is 10.5 Å². The fraction of sp³-hybridized carbons (Fsp3) is 0.143. The van der Waals surface area contributed by atoms with Crippen molar-refractivity contribution in [3.8, 4) is 11.1 Å². The average molecular weight is 229 g/mol. The van der Waals surface area contributed by atoms with Gasteiger partial charge in [-0.15, -0.1) is 0 Å². The highest BCUT2D eigenvalue weighted by atomic mass is 19.1. The Morgan fingerprint density at radius 3 is 2.71 bits per heavy atom. The highest BCUT2D eigenvalue weighted by Gasteiger charge is 2.13. The van der Waals surface area contributed by atoms with Gasteiger partial charge in [0.05, 0.1) is 13.2 Å². The molecule has 2 aromatic rings. The molecule has 1 aliphatic heterocycles. The van der Waals surface area contributed by atoms with Crippen LogP contribution < -0.4 is 5.73 Å². The van der Waals surface area contributed by atoms with Gasteiger partial charge in [0, 0.05) is 11.3 Å². The van der Waals surface area contributed by atoms with Crippen molar-refractivity contribution in [3.05, 3.63) is 53.3 Å². The monoisotopic (exact) mass is 229 g/mol. The molecule has 0 atom stereocenters. The molecule has 0 amide bonds. The second-order valence-electron chi connectivity index (χ2n) is 4.21. The third-order valence-electron chi connectivity index (χ3n) is 3.05. The van der Waals surface area contributed by atoms with Crippen molar-refractivity contribution in [2.24, 2.45) is 0 Å². The molecule has 0 fully saturated rings. The molecule has 0 spiro atoms. The molecule has 86 valence electrons. The SMILES string of the molecule is Nc1ccc(F)cc1-c1ccc2c(c1)COC2. The molecular formula is C14H12FNO. The van der Waals surface area contributed by atoms with Crippen molar-refractivity contribution < 1.29 is 9.13 Å². The quantitative estimate of drug-likeness (QED) is 0.762. The molecule has 0 aromatic heterocycles. The van der Waals surface area contributed by atoms with Gasteiger partial charge >= 0.3 is 0 Å². The van der Waals surface area contributed by atoms with Gasteiger partial charge in [0.25, 0.3) is 0 Å². The highest BCUT2D eigenvalue weighted by Crippen LogP contribution is 2.30. The van der Waals surface area contributed by atoms with Gasteiger partial charge in [-0.1, -0.05) is 12.1 Å². The minimum Gasteiger partial charge on any atom is -0.398 e. The van der Waals surface area contributed by atoms with Crippen LogP contribution in [0.3, 0.4) is 0 Å². The lowest BCUT2D eigenvalue weighted by molar-refractivity contribution is 0.134. The molecule has 0 bridgehead atoms. The van der Waals surface area contributed by atoms with Crippen molar-refractivity contribution in [1.82, 2.24) is 0 Å². The fourth-order valence-corrected chi connectivity index (χ4v) is 2.12. The first-order chi connectivity index (χ1) is 8.24. The molecule has 1 aliphatic rings. The van der Waals surface area contributed by atoms with Crippen LogP contribution in [-0.2, 0) is 18.0 Å². The molecule has 0 saturated heterocycles. The van der Waals surface area contributed by atoms with E-state index in [1.807, 2.05) is 18.2 Å². The van der Waals surface area contributed by atoms with E-state index in [0.717, 1.165) is 16.7 Å². The van der Waals surface area contributed by atoms with E-state index >= 15 is 0 Å². The van der Waals surface area contributed by atoms with Crippen LogP contribution in [-0.4, -0.2) is 0 Å². The van der Waals surface area contributed by atoms with E-state index in [0.29, 0.717) is 18.9 Å². The largest absolute Gasteiger partial charge is 0.398 e. The van der Waals surface area contributed by atoms with Gasteiger partial charge in [-0.25, -0.2) is 4.39 Å². The first-order valence-corrected chi connectivity index (χ1v) is 5.49. The zero-order valence-corrected chi connectivity index (χ0v) is 9.24. The molecule has 0 aliphatic carbocycles. The zero-order chi connectivity index (χ0) is 11.8. The van der Waals surface area contributed by atoms with Gasteiger partial charge in [-0.2, -0.15) is 0 Å². The Labute approximate surface area is 98.8 Å². The van der Waals surface area contributed by atoms with Crippen molar-refractivity contribution in [3.63, 3.8) is 0 Å². The standard InChI is InChI=1S/C14H12FNO/c15-12-3-4-14(16)13(6-12)9-1-2-10-7-17-8-11(10)5-9/h1-6H,7-8,16H2. The third kappa shape index (κ3) is 1.78. The average Bonchev–Trinajstić information content (AvgIpc) is 2.79. The number of hydrogen-bond acceptors (Lipinski definition) is 2. The molecule has 0 radical (unpaired) electrons. The summed E-state index contributed by atoms with van der Waals surface area (Å²) in [5.74, 6) is -0.272. The maximum Gasteiger partial charge on any atom is 0.123 e. The zero-order valence-electron chi connectivity index (χ0n) is 9.24. The number of hydrogen-bond donors (Lipinski definition) is 1. The molecule has 3 rings (SSSR count). The van der Waals surface area contributed by atoms with Crippen LogP contribution in [0.1, 0.15) is 11.1 Å². The van der Waals surface area contributed by atoms with Crippen LogP contribution in [0, 0.1) is 5.82 Å². The number of anilines is 1. The van der Waals surface area contributed by atoms with Gasteiger partial charge in [0.15, 0.2) is 0 Å². The molecule has 0 saturated carbocycles. The Morgan fingerprint density at radius 1 is 1.00 bits per heavy atom. The summed E-state index contributed by atoms with van der Waals surface area (Å²) in [5, 5.41) is 0. The summed E-state index contributed by atoms with van der Waals surface area (Å²) in [6, 6.07) is 10.4. The van der Waals surface area contributed by atoms with Crippen LogP contribution in [0.4, 0.5) is 10.1 Å². The summed E-state index contributed by atoms with van der Waals surface area (Å²) >= 11 is 0. The van der Waals surface area contributed by atoms with E-state index in [4.69, 9.17) is 10.5 Å². The van der Waals surface area contributed by atoms with Gasteiger partial charge in [0.1, 0.15) is 5.82 Å². The lowest BCUT2D eigenvalue weighted by Crippen LogP contribution is -1.92. The minimum atomic E-state index is -0.272. The van der Waals surface area contributed by atoms with E-state index in [-0.39, 0.29) is 5.82 Å². The van der Waals surface area contributed by atoms with Crippen LogP contribution in [0.2, 0.25) is 0 Å². The van der Waals surface area contributed by atoms with Crippen LogP contribution >= 0.6 is 0 Å². The number of halogens is 1. The summed E-state index contributed by atoms with van der Waals surface area (Å²) in [4.78, 5) is 0. The number of nitrogens with two attached hydrogens (primary N) is 1. The normalized spacial score (nSPS) is 13.7. The summed E-state index contributed by atoms with van der Waals surface area (Å²) < 4.78 is 18.6. The second-order valence-corrected chi connectivity index (χ2v) is 4.21. The number of rotatable bonds is 1. The minimum absolute atomic E-state index is 0.272. The number of benzene rings is 2. The first-order valence-electron chi connectivity index (χ1n) is 5.49. The Bertz CT molecular complexity index is 580. The summed E-state index contributed by atoms with van der Waals surface area (Å²) in [5.41, 5.74) is 10.5. The Kier molecular flexibility index (Phi) is 2.34. The van der Waals surface area contributed by atoms with Crippen molar-refractivity contribution >= 4 is 5.69 Å². The molecule has 2 N–H and O–H groups in total. The lowest BCUT2D eigenvalue weighted by atomic mass is 9.99. The number of nitrogen functional groups attached to an aromatic ring is 1. The van der Waals surface area contributed by atoms with Gasteiger partial charge in [-0.3, -0.25) is 0 Å². The fourth-order valence-electron chi connectivity index (χ4n) is 2.12. The van der Waals surface area contributed by atoms with E-state index < -0.39 is 0 Å². The molecule has 0 unspecified atom stereocenters. The van der Waals surface area contributed by atoms with E-state index in [9.17, 15) is 4.39 Å². The summed E-state index contributed by atoms with van der Waals surface area (Å²) in [6.45, 7) is 1.28. The third-order valence-corrected chi connectivity index (χ3v) is 3.05. The Balaban J connectivity index is 2.12. The maximum atomic E-state index is 13.2. The van der Waals surface area contributed by atoms with E-state index in [1.165, 1.54) is 17.7 Å². The topological polar surface area (TPSA) is 35.2 Å². The molecular weight excluding hydrogens is 217 g/mol. The van der Waals surface area contributed by atoms with Crippen molar-refractivity contribution in [2.45, 2.75) is 13.2 Å². The Hall–Kier alpha value is -1.87. The van der Waals surface area contributed by atoms with Crippen molar-refractivity contribution in [1.29, 1.82) is 0 Å². The van der Waals surface area contributed by atoms with Crippen LogP contribution in [0.5, 0.6) is 0 Å². The van der Waals surface area contributed by atoms with Gasteiger partial charge in [0.2, 0.25) is 0 Å². The molecule has 2 nitrogen and oxygen atoms in total. The predicted molar refractivity (Wildman–Crippen MR) is 64.7 cm³/mol. The predicted octanol–water partition coefficient (Wildman–Crippen LogP) is 3.11. The molecule has 3 heteroatoms. The van der Waals surface area contributed by atoms with E-state index in [1.54, 1.807) is 6.07 Å². The van der Waals surface area contributed by atoms with E-state index in [2.05, 4.69) is 0 Å². The molecule has 2 aromatic carbocycles. The number of fused-ring (bicyclic) bond motifs is 1. The summed E-state index contributed by atoms with van der Waals surface area (Å²) in [7, 11) is 0. The highest BCUT2D eigenvalue weighted by molar-refractivity contribution is 5.76. The van der Waals surface area contributed by atoms with Crippen LogP contribution in [0.15, 0.2) is 36.4 Å². The smallest absolute Gasteiger partial charge is 0.123 e. The molecule has 17 heavy (non-hydrogen) atoms. The molecule has 1 heterocycles. The first kappa shape index (κ1) is 10.3.